The van der Waals surface area contributed by atoms with Crippen LogP contribution < -0.4 is 0 Å². The van der Waals surface area contributed by atoms with Crippen molar-refractivity contribution in [2.45, 2.75) is 58.3 Å². The van der Waals surface area contributed by atoms with Crippen molar-refractivity contribution < 1.29 is 4.79 Å². The molecule has 0 unspecified atom stereocenters. The fraction of sp³-hybridized carbons (Fsp3) is 0.818. The van der Waals surface area contributed by atoms with Gasteiger partial charge in [-0.3, -0.25) is 4.79 Å². The number of carbonyl (C=O) groups excluding carboxylic acids is 1. The van der Waals surface area contributed by atoms with Gasteiger partial charge in [0.25, 0.3) is 0 Å². The topological polar surface area (TPSA) is 17.1 Å². The van der Waals surface area contributed by atoms with Crippen molar-refractivity contribution in [3.8, 4) is 0 Å². The SMILES string of the molecule is [CH]C(=O)CCCCCCCCC. The summed E-state index contributed by atoms with van der Waals surface area (Å²) in [6, 6.07) is 0. The standard InChI is InChI=1S/C11H20O/c1-3-4-5-6-7-8-9-10-11(2)12/h2H,3-10H2,1H3. The molecule has 0 N–H and O–H groups in total. The molecule has 0 aromatic rings. The largest absolute Gasteiger partial charge is 0.299 e. The van der Waals surface area contributed by atoms with Gasteiger partial charge in [-0.15, -0.1) is 0 Å². The predicted molar refractivity (Wildman–Crippen MR) is 51.9 cm³/mol. The van der Waals surface area contributed by atoms with Gasteiger partial charge in [0.2, 0.25) is 0 Å². The molecule has 0 heterocycles. The van der Waals surface area contributed by atoms with Gasteiger partial charge in [0.1, 0.15) is 5.78 Å². The molecule has 0 fully saturated rings. The summed E-state index contributed by atoms with van der Waals surface area (Å²) in [5.74, 6) is -0.163. The van der Waals surface area contributed by atoms with Gasteiger partial charge in [0.05, 0.1) is 0 Å². The predicted octanol–water partition coefficient (Wildman–Crippen LogP) is 3.41. The summed E-state index contributed by atoms with van der Waals surface area (Å²) in [5.41, 5.74) is 0. The molecule has 0 atom stereocenters. The maximum Gasteiger partial charge on any atom is 0.137 e. The van der Waals surface area contributed by atoms with Crippen molar-refractivity contribution in [1.82, 2.24) is 0 Å². The molecule has 2 radical (unpaired) electrons. The average molecular weight is 168 g/mol. The first-order chi connectivity index (χ1) is 5.77. The second-order valence-corrected chi connectivity index (χ2v) is 3.34. The Hall–Kier alpha value is -0.330. The lowest BCUT2D eigenvalue weighted by atomic mass is 10.1. The molecule has 0 aliphatic heterocycles. The minimum absolute atomic E-state index is 0.163. The Balaban J connectivity index is 2.86. The van der Waals surface area contributed by atoms with Crippen LogP contribution in [-0.4, -0.2) is 5.78 Å². The summed E-state index contributed by atoms with van der Waals surface area (Å²) in [5, 5.41) is 0. The molecular formula is C11H20O. The van der Waals surface area contributed by atoms with Gasteiger partial charge >= 0.3 is 0 Å². The summed E-state index contributed by atoms with van der Waals surface area (Å²) < 4.78 is 0. The summed E-state index contributed by atoms with van der Waals surface area (Å²) in [7, 11) is 0. The van der Waals surface area contributed by atoms with Crippen molar-refractivity contribution in [1.29, 1.82) is 0 Å². The van der Waals surface area contributed by atoms with Crippen molar-refractivity contribution in [3.63, 3.8) is 0 Å². The molecule has 1 heteroatoms. The van der Waals surface area contributed by atoms with E-state index in [0.29, 0.717) is 6.42 Å². The Morgan fingerprint density at radius 1 is 1.00 bits per heavy atom. The van der Waals surface area contributed by atoms with E-state index in [9.17, 15) is 4.79 Å². The smallest absolute Gasteiger partial charge is 0.137 e. The maximum absolute atomic E-state index is 10.4. The van der Waals surface area contributed by atoms with Crippen LogP contribution in [0.25, 0.3) is 0 Å². The molecule has 70 valence electrons. The van der Waals surface area contributed by atoms with E-state index in [4.69, 9.17) is 6.92 Å². The minimum atomic E-state index is -0.163. The number of carbonyl (C=O) groups is 1. The van der Waals surface area contributed by atoms with Gasteiger partial charge in [0, 0.05) is 13.3 Å². The van der Waals surface area contributed by atoms with E-state index in [2.05, 4.69) is 6.92 Å². The molecule has 0 rings (SSSR count). The number of Topliss-reactive ketones (excluding diaryl/α,β-unsaturated/α-hetero) is 1. The number of ketones is 1. The molecule has 0 aliphatic rings. The summed E-state index contributed by atoms with van der Waals surface area (Å²) >= 11 is 0. The molecule has 0 saturated heterocycles. The average Bonchev–Trinajstić information content (AvgIpc) is 2.02. The molecule has 0 bridgehead atoms. The Morgan fingerprint density at radius 2 is 1.50 bits per heavy atom. The first kappa shape index (κ1) is 11.7. The third kappa shape index (κ3) is 9.67. The molecule has 0 aliphatic carbocycles. The zero-order valence-electron chi connectivity index (χ0n) is 8.14. The third-order valence-electron chi connectivity index (χ3n) is 2.03. The molecule has 1 nitrogen and oxygen atoms in total. The van der Waals surface area contributed by atoms with Crippen molar-refractivity contribution in [2.24, 2.45) is 0 Å². The Labute approximate surface area is 76.6 Å². The molecule has 0 spiro atoms. The number of hydrogen-bond donors (Lipinski definition) is 0. The highest BCUT2D eigenvalue weighted by atomic mass is 16.1. The Bertz CT molecular complexity index is 108. The van der Waals surface area contributed by atoms with Crippen LogP contribution in [0.5, 0.6) is 0 Å². The molecule has 0 aromatic carbocycles. The van der Waals surface area contributed by atoms with Gasteiger partial charge < -0.3 is 0 Å². The first-order valence-electron chi connectivity index (χ1n) is 5.05. The fourth-order valence-electron chi connectivity index (χ4n) is 1.26. The molecule has 0 amide bonds. The normalized spacial score (nSPS) is 10.2. The summed E-state index contributed by atoms with van der Waals surface area (Å²) in [6.07, 6.45) is 9.24. The lowest BCUT2D eigenvalue weighted by Crippen LogP contribution is -1.89. The highest BCUT2D eigenvalue weighted by molar-refractivity contribution is 5.82. The highest BCUT2D eigenvalue weighted by Crippen LogP contribution is 2.08. The van der Waals surface area contributed by atoms with Gasteiger partial charge in [-0.2, -0.15) is 0 Å². The lowest BCUT2D eigenvalue weighted by molar-refractivity contribution is -0.114. The van der Waals surface area contributed by atoms with Crippen molar-refractivity contribution >= 4 is 5.78 Å². The minimum Gasteiger partial charge on any atom is -0.299 e. The van der Waals surface area contributed by atoms with Crippen LogP contribution >= 0.6 is 0 Å². The second kappa shape index (κ2) is 8.76. The van der Waals surface area contributed by atoms with Crippen LogP contribution in [0.1, 0.15) is 58.3 Å². The zero-order valence-corrected chi connectivity index (χ0v) is 8.14. The number of unbranched alkanes of at least 4 members (excludes halogenated alkanes) is 6. The van der Waals surface area contributed by atoms with Gasteiger partial charge in [-0.1, -0.05) is 45.4 Å². The van der Waals surface area contributed by atoms with Crippen molar-refractivity contribution in [2.75, 3.05) is 0 Å². The van der Waals surface area contributed by atoms with Crippen molar-refractivity contribution in [3.05, 3.63) is 6.92 Å². The Morgan fingerprint density at radius 3 is 2.00 bits per heavy atom. The first-order valence-corrected chi connectivity index (χ1v) is 5.05. The maximum atomic E-state index is 10.4. The molecular weight excluding hydrogens is 148 g/mol. The molecule has 12 heavy (non-hydrogen) atoms. The van der Waals surface area contributed by atoms with Crippen LogP contribution in [0.4, 0.5) is 0 Å². The van der Waals surface area contributed by atoms with Crippen LogP contribution in [0, 0.1) is 6.92 Å². The molecule has 0 aromatic heterocycles. The number of rotatable bonds is 8. The van der Waals surface area contributed by atoms with E-state index >= 15 is 0 Å². The van der Waals surface area contributed by atoms with E-state index < -0.39 is 0 Å². The van der Waals surface area contributed by atoms with E-state index in [-0.39, 0.29) is 5.78 Å². The van der Waals surface area contributed by atoms with E-state index in [1.165, 1.54) is 32.1 Å². The highest BCUT2D eigenvalue weighted by Gasteiger charge is 1.93. The monoisotopic (exact) mass is 168 g/mol. The fourth-order valence-corrected chi connectivity index (χ4v) is 1.26. The van der Waals surface area contributed by atoms with Gasteiger partial charge in [-0.25, -0.2) is 0 Å². The second-order valence-electron chi connectivity index (χ2n) is 3.34. The lowest BCUT2D eigenvalue weighted by Gasteiger charge is -1.98. The van der Waals surface area contributed by atoms with Gasteiger partial charge in [-0.05, 0) is 6.42 Å². The van der Waals surface area contributed by atoms with E-state index in [1.807, 2.05) is 0 Å². The van der Waals surface area contributed by atoms with Crippen LogP contribution in [0.15, 0.2) is 0 Å². The van der Waals surface area contributed by atoms with Crippen LogP contribution in [0.2, 0.25) is 0 Å². The van der Waals surface area contributed by atoms with Crippen LogP contribution in [0.3, 0.4) is 0 Å². The summed E-state index contributed by atoms with van der Waals surface area (Å²) in [4.78, 5) is 10.4. The third-order valence-corrected chi connectivity index (χ3v) is 2.03. The van der Waals surface area contributed by atoms with E-state index in [0.717, 1.165) is 12.8 Å². The number of hydrogen-bond acceptors (Lipinski definition) is 1. The van der Waals surface area contributed by atoms with Gasteiger partial charge in [0.15, 0.2) is 0 Å². The quantitative estimate of drug-likeness (QED) is 0.508. The van der Waals surface area contributed by atoms with E-state index in [1.54, 1.807) is 0 Å². The summed E-state index contributed by atoms with van der Waals surface area (Å²) in [6.45, 7) is 7.23. The Kier molecular flexibility index (Phi) is 8.52. The molecule has 0 saturated carbocycles. The van der Waals surface area contributed by atoms with Crippen LogP contribution in [-0.2, 0) is 4.79 Å². The zero-order chi connectivity index (χ0) is 9.23.